The number of fused-ring (bicyclic) bond motifs is 1. The van der Waals surface area contributed by atoms with Crippen LogP contribution < -0.4 is 10.6 Å². The molecule has 114 valence electrons. The molecule has 1 aliphatic carbocycles. The van der Waals surface area contributed by atoms with Gasteiger partial charge in [0.05, 0.1) is 12.2 Å². The zero-order chi connectivity index (χ0) is 15.4. The van der Waals surface area contributed by atoms with Gasteiger partial charge in [0.1, 0.15) is 5.82 Å². The lowest BCUT2D eigenvalue weighted by atomic mass is 9.90. The maximum Gasteiger partial charge on any atom is 0.243 e. The number of anilines is 2. The third kappa shape index (κ3) is 3.27. The molecule has 3 rings (SSSR count). The van der Waals surface area contributed by atoms with Crippen LogP contribution in [-0.2, 0) is 17.6 Å². The number of carbonyl (C=O) groups is 1. The van der Waals surface area contributed by atoms with E-state index in [1.165, 1.54) is 30.0 Å². The molecule has 0 bridgehead atoms. The predicted octanol–water partition coefficient (Wildman–Crippen LogP) is 3.76. The Hall–Kier alpha value is -2.36. The van der Waals surface area contributed by atoms with Gasteiger partial charge >= 0.3 is 0 Å². The van der Waals surface area contributed by atoms with E-state index in [0.717, 1.165) is 18.5 Å². The Morgan fingerprint density at radius 1 is 1.00 bits per heavy atom. The molecule has 2 aromatic carbocycles. The summed E-state index contributed by atoms with van der Waals surface area (Å²) < 4.78 is 13.5. The molecular formula is C18H19FN2O. The van der Waals surface area contributed by atoms with Gasteiger partial charge in [-0.1, -0.05) is 24.3 Å². The zero-order valence-corrected chi connectivity index (χ0v) is 12.4. The number of hydrogen-bond donors (Lipinski definition) is 2. The van der Waals surface area contributed by atoms with E-state index in [4.69, 9.17) is 0 Å². The first-order chi connectivity index (χ1) is 10.7. The van der Waals surface area contributed by atoms with Crippen LogP contribution in [0.5, 0.6) is 0 Å². The molecule has 0 saturated heterocycles. The maximum atomic E-state index is 13.5. The van der Waals surface area contributed by atoms with Gasteiger partial charge in [-0.15, -0.1) is 0 Å². The number of amides is 1. The SMILES string of the molecule is O=C(CNc1cccc2c1CCCC2)Nc1ccccc1F. The van der Waals surface area contributed by atoms with E-state index in [1.54, 1.807) is 18.2 Å². The standard InChI is InChI=1S/C18H19FN2O/c19-15-9-3-4-10-17(15)21-18(22)12-20-16-11-5-7-13-6-1-2-8-14(13)16/h3-5,7,9-11,20H,1-2,6,8,12H2,(H,21,22). The van der Waals surface area contributed by atoms with E-state index < -0.39 is 5.82 Å². The van der Waals surface area contributed by atoms with Crippen molar-refractivity contribution in [3.63, 3.8) is 0 Å². The summed E-state index contributed by atoms with van der Waals surface area (Å²) in [4.78, 5) is 12.0. The van der Waals surface area contributed by atoms with Crippen LogP contribution in [-0.4, -0.2) is 12.5 Å². The van der Waals surface area contributed by atoms with Gasteiger partial charge in [0.25, 0.3) is 0 Å². The summed E-state index contributed by atoms with van der Waals surface area (Å²) in [6.45, 7) is 0.130. The van der Waals surface area contributed by atoms with Gasteiger partial charge in [0, 0.05) is 5.69 Å². The lowest BCUT2D eigenvalue weighted by Gasteiger charge is -2.20. The Balaban J connectivity index is 1.63. The number of benzene rings is 2. The van der Waals surface area contributed by atoms with Crippen LogP contribution >= 0.6 is 0 Å². The third-order valence-corrected chi connectivity index (χ3v) is 3.98. The van der Waals surface area contributed by atoms with Crippen LogP contribution in [0.25, 0.3) is 0 Å². The van der Waals surface area contributed by atoms with E-state index in [1.807, 2.05) is 12.1 Å². The van der Waals surface area contributed by atoms with Crippen LogP contribution in [0.1, 0.15) is 24.0 Å². The molecule has 22 heavy (non-hydrogen) atoms. The average molecular weight is 298 g/mol. The fourth-order valence-corrected chi connectivity index (χ4v) is 2.88. The van der Waals surface area contributed by atoms with Crippen molar-refractivity contribution in [2.75, 3.05) is 17.2 Å². The van der Waals surface area contributed by atoms with E-state index >= 15 is 0 Å². The first-order valence-electron chi connectivity index (χ1n) is 7.63. The Morgan fingerprint density at radius 2 is 1.77 bits per heavy atom. The summed E-state index contributed by atoms with van der Waals surface area (Å²) >= 11 is 0. The predicted molar refractivity (Wildman–Crippen MR) is 86.6 cm³/mol. The molecule has 0 heterocycles. The fraction of sp³-hybridized carbons (Fsp3) is 0.278. The van der Waals surface area contributed by atoms with Gasteiger partial charge in [-0.05, 0) is 55.0 Å². The van der Waals surface area contributed by atoms with Gasteiger partial charge in [-0.25, -0.2) is 4.39 Å². The quantitative estimate of drug-likeness (QED) is 0.902. The summed E-state index contributed by atoms with van der Waals surface area (Å²) in [5, 5.41) is 5.76. The Morgan fingerprint density at radius 3 is 2.64 bits per heavy atom. The van der Waals surface area contributed by atoms with Crippen LogP contribution in [0.3, 0.4) is 0 Å². The summed E-state index contributed by atoms with van der Waals surface area (Å²) in [5.74, 6) is -0.675. The minimum atomic E-state index is -0.423. The second kappa shape index (κ2) is 6.60. The fourth-order valence-electron chi connectivity index (χ4n) is 2.88. The molecule has 1 aliphatic rings. The molecule has 0 radical (unpaired) electrons. The number of nitrogens with one attached hydrogen (secondary N) is 2. The van der Waals surface area contributed by atoms with E-state index in [9.17, 15) is 9.18 Å². The number of para-hydroxylation sites is 1. The molecule has 3 nitrogen and oxygen atoms in total. The van der Waals surface area contributed by atoms with Crippen LogP contribution in [0, 0.1) is 5.82 Å². The average Bonchev–Trinajstić information content (AvgIpc) is 2.55. The van der Waals surface area contributed by atoms with Crippen molar-refractivity contribution < 1.29 is 9.18 Å². The summed E-state index contributed by atoms with van der Waals surface area (Å²) in [6.07, 6.45) is 4.57. The van der Waals surface area contributed by atoms with E-state index in [0.29, 0.717) is 0 Å². The van der Waals surface area contributed by atoms with Gasteiger partial charge in [0.15, 0.2) is 0 Å². The molecule has 2 N–H and O–H groups in total. The molecule has 2 aromatic rings. The summed E-state index contributed by atoms with van der Waals surface area (Å²) in [6, 6.07) is 12.3. The Kier molecular flexibility index (Phi) is 4.37. The third-order valence-electron chi connectivity index (χ3n) is 3.98. The number of aryl methyl sites for hydroxylation is 1. The summed E-state index contributed by atoms with van der Waals surface area (Å²) in [5.41, 5.74) is 3.91. The lowest BCUT2D eigenvalue weighted by molar-refractivity contribution is -0.114. The molecule has 0 aliphatic heterocycles. The van der Waals surface area contributed by atoms with Crippen molar-refractivity contribution in [1.29, 1.82) is 0 Å². The number of halogens is 1. The van der Waals surface area contributed by atoms with Crippen molar-refractivity contribution in [3.8, 4) is 0 Å². The van der Waals surface area contributed by atoms with Crippen LogP contribution in [0.2, 0.25) is 0 Å². The highest BCUT2D eigenvalue weighted by atomic mass is 19.1. The summed E-state index contributed by atoms with van der Waals surface area (Å²) in [7, 11) is 0. The van der Waals surface area contributed by atoms with E-state index in [-0.39, 0.29) is 18.1 Å². The molecule has 0 atom stereocenters. The highest BCUT2D eigenvalue weighted by Crippen LogP contribution is 2.27. The van der Waals surface area contributed by atoms with Gasteiger partial charge in [-0.3, -0.25) is 4.79 Å². The highest BCUT2D eigenvalue weighted by molar-refractivity contribution is 5.94. The molecule has 0 unspecified atom stereocenters. The van der Waals surface area contributed by atoms with Gasteiger partial charge in [0.2, 0.25) is 5.91 Å². The minimum Gasteiger partial charge on any atom is -0.376 e. The molecule has 0 spiro atoms. The number of rotatable bonds is 4. The molecule has 0 saturated carbocycles. The molecule has 0 fully saturated rings. The normalized spacial score (nSPS) is 13.3. The number of carbonyl (C=O) groups excluding carboxylic acids is 1. The van der Waals surface area contributed by atoms with Crippen molar-refractivity contribution in [2.45, 2.75) is 25.7 Å². The Bertz CT molecular complexity index is 685. The molecule has 0 aromatic heterocycles. The smallest absolute Gasteiger partial charge is 0.243 e. The number of hydrogen-bond acceptors (Lipinski definition) is 2. The topological polar surface area (TPSA) is 41.1 Å². The second-order valence-electron chi connectivity index (χ2n) is 5.53. The van der Waals surface area contributed by atoms with Crippen molar-refractivity contribution in [1.82, 2.24) is 0 Å². The Labute approximate surface area is 129 Å². The monoisotopic (exact) mass is 298 g/mol. The van der Waals surface area contributed by atoms with Crippen molar-refractivity contribution in [3.05, 3.63) is 59.4 Å². The zero-order valence-electron chi connectivity index (χ0n) is 12.4. The van der Waals surface area contributed by atoms with Crippen molar-refractivity contribution in [2.24, 2.45) is 0 Å². The highest BCUT2D eigenvalue weighted by Gasteiger charge is 2.13. The van der Waals surface area contributed by atoms with Gasteiger partial charge < -0.3 is 10.6 Å². The minimum absolute atomic E-state index is 0.130. The lowest BCUT2D eigenvalue weighted by Crippen LogP contribution is -2.23. The van der Waals surface area contributed by atoms with Crippen LogP contribution in [0.15, 0.2) is 42.5 Å². The van der Waals surface area contributed by atoms with E-state index in [2.05, 4.69) is 16.7 Å². The first kappa shape index (κ1) is 14.6. The van der Waals surface area contributed by atoms with Gasteiger partial charge in [-0.2, -0.15) is 0 Å². The molecular weight excluding hydrogens is 279 g/mol. The second-order valence-corrected chi connectivity index (χ2v) is 5.53. The molecule has 4 heteroatoms. The molecule has 1 amide bonds. The van der Waals surface area contributed by atoms with Crippen molar-refractivity contribution >= 4 is 17.3 Å². The largest absolute Gasteiger partial charge is 0.376 e. The first-order valence-corrected chi connectivity index (χ1v) is 7.63. The maximum absolute atomic E-state index is 13.5. The van der Waals surface area contributed by atoms with Crippen LogP contribution in [0.4, 0.5) is 15.8 Å².